The second-order valence-corrected chi connectivity index (χ2v) is 9.08. The number of benzene rings is 1. The van der Waals surface area contributed by atoms with E-state index in [1.165, 1.54) is 24.8 Å². The molecule has 0 saturated heterocycles. The molecule has 0 unspecified atom stereocenters. The summed E-state index contributed by atoms with van der Waals surface area (Å²) >= 11 is 0. The molecule has 4 saturated carbocycles. The number of carbonyl (C=O) groups is 1. The molecular weight excluding hydrogens is 338 g/mol. The molecule has 1 aromatic heterocycles. The fourth-order valence-corrected chi connectivity index (χ4v) is 6.12. The molecule has 5 heteroatoms. The number of hydrogen-bond donors (Lipinski definition) is 1. The van der Waals surface area contributed by atoms with Crippen molar-refractivity contribution in [3.63, 3.8) is 0 Å². The molecule has 4 aliphatic carbocycles. The summed E-state index contributed by atoms with van der Waals surface area (Å²) in [4.78, 5) is 17.5. The fourth-order valence-electron chi connectivity index (χ4n) is 6.12. The van der Waals surface area contributed by atoms with Gasteiger partial charge in [0.2, 0.25) is 17.6 Å². The highest BCUT2D eigenvalue weighted by atomic mass is 16.5. The van der Waals surface area contributed by atoms with Crippen LogP contribution in [-0.4, -0.2) is 22.6 Å². The highest BCUT2D eigenvalue weighted by molar-refractivity contribution is 5.83. The molecule has 5 nitrogen and oxygen atoms in total. The second-order valence-electron chi connectivity index (χ2n) is 9.08. The third kappa shape index (κ3) is 3.17. The predicted molar refractivity (Wildman–Crippen MR) is 102 cm³/mol. The molecule has 0 atom stereocenters. The van der Waals surface area contributed by atoms with Crippen molar-refractivity contribution in [2.75, 3.05) is 6.54 Å². The topological polar surface area (TPSA) is 68.0 Å². The first-order valence-electron chi connectivity index (χ1n) is 10.3. The molecule has 1 amide bonds. The third-order valence-electron chi connectivity index (χ3n) is 6.89. The molecule has 1 aromatic carbocycles. The molecule has 0 aliphatic heterocycles. The Morgan fingerprint density at radius 1 is 1.19 bits per heavy atom. The van der Waals surface area contributed by atoms with Crippen molar-refractivity contribution >= 4 is 5.91 Å². The summed E-state index contributed by atoms with van der Waals surface area (Å²) in [6, 6.07) is 8.07. The van der Waals surface area contributed by atoms with Crippen molar-refractivity contribution in [3.8, 4) is 11.4 Å². The summed E-state index contributed by atoms with van der Waals surface area (Å²) in [6.45, 7) is 2.61. The van der Waals surface area contributed by atoms with E-state index in [0.29, 0.717) is 24.7 Å². The normalized spacial score (nSPS) is 31.2. The van der Waals surface area contributed by atoms with Crippen LogP contribution in [0.5, 0.6) is 0 Å². The average Bonchev–Trinajstić information content (AvgIpc) is 3.09. The van der Waals surface area contributed by atoms with Crippen LogP contribution >= 0.6 is 0 Å². The number of hydrogen-bond acceptors (Lipinski definition) is 4. The molecule has 4 aliphatic rings. The third-order valence-corrected chi connectivity index (χ3v) is 6.89. The van der Waals surface area contributed by atoms with Gasteiger partial charge in [-0.25, -0.2) is 0 Å². The Morgan fingerprint density at radius 3 is 2.56 bits per heavy atom. The quantitative estimate of drug-likeness (QED) is 0.872. The summed E-state index contributed by atoms with van der Waals surface area (Å²) in [7, 11) is 0. The Kier molecular flexibility index (Phi) is 4.06. The van der Waals surface area contributed by atoms with Crippen LogP contribution in [-0.2, 0) is 11.2 Å². The summed E-state index contributed by atoms with van der Waals surface area (Å²) in [5, 5.41) is 7.26. The average molecular weight is 365 g/mol. The molecule has 142 valence electrons. The van der Waals surface area contributed by atoms with Crippen LogP contribution in [0.2, 0.25) is 0 Å². The van der Waals surface area contributed by atoms with E-state index in [1.807, 2.05) is 31.2 Å². The van der Waals surface area contributed by atoms with Gasteiger partial charge in [-0.1, -0.05) is 28.9 Å². The highest BCUT2D eigenvalue weighted by Gasteiger charge is 2.54. The van der Waals surface area contributed by atoms with E-state index in [2.05, 4.69) is 15.5 Å². The van der Waals surface area contributed by atoms with Gasteiger partial charge >= 0.3 is 0 Å². The van der Waals surface area contributed by atoms with Gasteiger partial charge in [0.1, 0.15) is 0 Å². The number of rotatable bonds is 5. The summed E-state index contributed by atoms with van der Waals surface area (Å²) in [6.07, 6.45) is 7.95. The van der Waals surface area contributed by atoms with Crippen molar-refractivity contribution in [3.05, 3.63) is 35.7 Å². The number of amides is 1. The van der Waals surface area contributed by atoms with Gasteiger partial charge in [0.15, 0.2) is 0 Å². The summed E-state index contributed by atoms with van der Waals surface area (Å²) in [5.41, 5.74) is 2.04. The molecule has 0 spiro atoms. The number of nitrogens with one attached hydrogen (secondary N) is 1. The van der Waals surface area contributed by atoms with Gasteiger partial charge in [-0.05, 0) is 69.3 Å². The van der Waals surface area contributed by atoms with Crippen molar-refractivity contribution in [1.82, 2.24) is 15.5 Å². The zero-order chi connectivity index (χ0) is 18.4. The number of nitrogens with zero attached hydrogens (tertiary/aromatic N) is 2. The van der Waals surface area contributed by atoms with Gasteiger partial charge in [0, 0.05) is 23.9 Å². The number of aromatic nitrogens is 2. The molecule has 0 radical (unpaired) electrons. The lowest BCUT2D eigenvalue weighted by molar-refractivity contribution is -0.146. The van der Waals surface area contributed by atoms with Crippen molar-refractivity contribution in [2.24, 2.45) is 23.2 Å². The molecule has 2 aromatic rings. The standard InChI is InChI=1S/C22H27N3O2/c1-14-3-2-4-18(7-14)20-24-19(27-25-20)5-6-23-21(26)22-11-15-8-16(12-22)10-17(9-15)13-22/h2-4,7,15-17H,5-6,8-13H2,1H3,(H,23,26). The Morgan fingerprint density at radius 2 is 1.89 bits per heavy atom. The Labute approximate surface area is 159 Å². The van der Waals surface area contributed by atoms with Crippen molar-refractivity contribution < 1.29 is 9.32 Å². The molecule has 4 fully saturated rings. The lowest BCUT2D eigenvalue weighted by Gasteiger charge is -2.55. The summed E-state index contributed by atoms with van der Waals surface area (Å²) < 4.78 is 5.38. The van der Waals surface area contributed by atoms with Crippen LogP contribution < -0.4 is 5.32 Å². The minimum Gasteiger partial charge on any atom is -0.355 e. The smallest absolute Gasteiger partial charge is 0.228 e. The Balaban J connectivity index is 1.19. The lowest BCUT2D eigenvalue weighted by atomic mass is 9.49. The first-order chi connectivity index (χ1) is 13.1. The maximum atomic E-state index is 13.0. The van der Waals surface area contributed by atoms with E-state index >= 15 is 0 Å². The van der Waals surface area contributed by atoms with E-state index in [-0.39, 0.29) is 11.3 Å². The maximum absolute atomic E-state index is 13.0. The van der Waals surface area contributed by atoms with Gasteiger partial charge < -0.3 is 9.84 Å². The molecule has 1 heterocycles. The molecule has 4 bridgehead atoms. The van der Waals surface area contributed by atoms with Crippen LogP contribution in [0, 0.1) is 30.1 Å². The number of carbonyl (C=O) groups excluding carboxylic acids is 1. The largest absolute Gasteiger partial charge is 0.355 e. The zero-order valence-corrected chi connectivity index (χ0v) is 15.9. The van der Waals surface area contributed by atoms with Crippen molar-refractivity contribution in [1.29, 1.82) is 0 Å². The highest BCUT2D eigenvalue weighted by Crippen LogP contribution is 2.60. The monoisotopic (exact) mass is 365 g/mol. The van der Waals surface area contributed by atoms with Crippen LogP contribution in [0.3, 0.4) is 0 Å². The molecule has 27 heavy (non-hydrogen) atoms. The van der Waals surface area contributed by atoms with Gasteiger partial charge in [-0.2, -0.15) is 4.98 Å². The van der Waals surface area contributed by atoms with E-state index in [9.17, 15) is 4.79 Å². The molecule has 1 N–H and O–H groups in total. The van der Waals surface area contributed by atoms with Gasteiger partial charge in [0.05, 0.1) is 0 Å². The second kappa shape index (κ2) is 6.47. The van der Waals surface area contributed by atoms with E-state index in [0.717, 1.165) is 42.6 Å². The van der Waals surface area contributed by atoms with Gasteiger partial charge in [0.25, 0.3) is 0 Å². The maximum Gasteiger partial charge on any atom is 0.228 e. The molecular formula is C22H27N3O2. The zero-order valence-electron chi connectivity index (χ0n) is 15.9. The lowest BCUT2D eigenvalue weighted by Crippen LogP contribution is -2.53. The van der Waals surface area contributed by atoms with Crippen LogP contribution in [0.4, 0.5) is 0 Å². The van der Waals surface area contributed by atoms with Crippen LogP contribution in [0.15, 0.2) is 28.8 Å². The summed E-state index contributed by atoms with van der Waals surface area (Å²) in [5.74, 6) is 3.82. The van der Waals surface area contributed by atoms with Crippen LogP contribution in [0.1, 0.15) is 50.0 Å². The predicted octanol–water partition coefficient (Wildman–Crippen LogP) is 3.92. The van der Waals surface area contributed by atoms with E-state index in [1.54, 1.807) is 0 Å². The SMILES string of the molecule is Cc1cccc(-c2noc(CCNC(=O)C34CC5CC(CC(C5)C3)C4)n2)c1. The Hall–Kier alpha value is -2.17. The number of aryl methyl sites for hydroxylation is 1. The first-order valence-corrected chi connectivity index (χ1v) is 10.3. The molecule has 6 rings (SSSR count). The van der Waals surface area contributed by atoms with Gasteiger partial charge in [-0.15, -0.1) is 0 Å². The minimum absolute atomic E-state index is 0.0870. The fraction of sp³-hybridized carbons (Fsp3) is 0.591. The van der Waals surface area contributed by atoms with E-state index < -0.39 is 0 Å². The first kappa shape index (κ1) is 17.0. The Bertz CT molecular complexity index is 821. The van der Waals surface area contributed by atoms with E-state index in [4.69, 9.17) is 4.52 Å². The van der Waals surface area contributed by atoms with Crippen LogP contribution in [0.25, 0.3) is 11.4 Å². The van der Waals surface area contributed by atoms with Crippen molar-refractivity contribution in [2.45, 2.75) is 51.9 Å². The van der Waals surface area contributed by atoms with Gasteiger partial charge in [-0.3, -0.25) is 4.79 Å². The minimum atomic E-state index is -0.0870.